The molecule has 4 heteroatoms. The van der Waals surface area contributed by atoms with Gasteiger partial charge in [0.15, 0.2) is 5.96 Å². The molecule has 0 aromatic carbocycles. The Hall–Kier alpha value is -0.770. The fourth-order valence-electron chi connectivity index (χ4n) is 2.34. The first kappa shape index (κ1) is 15.3. The Kier molecular flexibility index (Phi) is 7.81. The van der Waals surface area contributed by atoms with Crippen LogP contribution in [-0.4, -0.2) is 50.6 Å². The lowest BCUT2D eigenvalue weighted by Gasteiger charge is -2.24. The maximum Gasteiger partial charge on any atom is 0.191 e. The topological polar surface area (TPSA) is 39.7 Å². The summed E-state index contributed by atoms with van der Waals surface area (Å²) < 4.78 is 0. The molecule has 0 saturated heterocycles. The van der Waals surface area contributed by atoms with E-state index in [9.17, 15) is 0 Å². The molecule has 0 aliphatic heterocycles. The van der Waals surface area contributed by atoms with Gasteiger partial charge in [-0.15, -0.1) is 0 Å². The molecule has 4 nitrogen and oxygen atoms in total. The molecule has 0 spiro atoms. The second kappa shape index (κ2) is 9.20. The summed E-state index contributed by atoms with van der Waals surface area (Å²) >= 11 is 0. The fourth-order valence-corrected chi connectivity index (χ4v) is 2.34. The lowest BCUT2D eigenvalue weighted by Crippen LogP contribution is -2.44. The van der Waals surface area contributed by atoms with E-state index in [0.29, 0.717) is 6.04 Å². The molecule has 0 atom stereocenters. The summed E-state index contributed by atoms with van der Waals surface area (Å²) in [4.78, 5) is 6.85. The van der Waals surface area contributed by atoms with Gasteiger partial charge in [-0.05, 0) is 46.8 Å². The first-order chi connectivity index (χ1) is 8.72. The first-order valence-electron chi connectivity index (χ1n) is 7.42. The molecule has 1 aliphatic carbocycles. The second-order valence-corrected chi connectivity index (χ2v) is 5.40. The third kappa shape index (κ3) is 6.84. The maximum absolute atomic E-state index is 4.65. The van der Waals surface area contributed by atoms with E-state index in [0.717, 1.165) is 32.0 Å². The van der Waals surface area contributed by atoms with E-state index >= 15 is 0 Å². The zero-order valence-electron chi connectivity index (χ0n) is 12.3. The summed E-state index contributed by atoms with van der Waals surface area (Å²) in [6.45, 7) is 5.07. The SMILES string of the molecule is CCNC(=NCCCN(C)C)NC1CCCCC1. The van der Waals surface area contributed by atoms with Gasteiger partial charge in [-0.1, -0.05) is 19.3 Å². The van der Waals surface area contributed by atoms with Gasteiger partial charge in [-0.2, -0.15) is 0 Å². The highest BCUT2D eigenvalue weighted by Gasteiger charge is 2.14. The van der Waals surface area contributed by atoms with Crippen molar-refractivity contribution in [1.29, 1.82) is 0 Å². The number of guanidine groups is 1. The van der Waals surface area contributed by atoms with E-state index in [2.05, 4.69) is 41.5 Å². The van der Waals surface area contributed by atoms with Gasteiger partial charge in [0.25, 0.3) is 0 Å². The van der Waals surface area contributed by atoms with Crippen molar-refractivity contribution in [2.45, 2.75) is 51.5 Å². The van der Waals surface area contributed by atoms with Crippen LogP contribution in [0.3, 0.4) is 0 Å². The Morgan fingerprint density at radius 1 is 1.22 bits per heavy atom. The summed E-state index contributed by atoms with van der Waals surface area (Å²) in [5.74, 6) is 1.00. The predicted octanol–water partition coefficient (Wildman–Crippen LogP) is 1.83. The van der Waals surface area contributed by atoms with Gasteiger partial charge in [-0.25, -0.2) is 0 Å². The van der Waals surface area contributed by atoms with Crippen molar-refractivity contribution in [3.63, 3.8) is 0 Å². The highest BCUT2D eigenvalue weighted by Crippen LogP contribution is 2.17. The summed E-state index contributed by atoms with van der Waals surface area (Å²) in [6, 6.07) is 0.630. The van der Waals surface area contributed by atoms with Gasteiger partial charge in [0.05, 0.1) is 0 Å². The number of aliphatic imine (C=N–C) groups is 1. The van der Waals surface area contributed by atoms with Crippen LogP contribution in [0.4, 0.5) is 0 Å². The van der Waals surface area contributed by atoms with Crippen LogP contribution >= 0.6 is 0 Å². The van der Waals surface area contributed by atoms with Crippen LogP contribution in [0.5, 0.6) is 0 Å². The quantitative estimate of drug-likeness (QED) is 0.431. The molecule has 1 saturated carbocycles. The number of rotatable bonds is 6. The van der Waals surface area contributed by atoms with E-state index < -0.39 is 0 Å². The standard InChI is InChI=1S/C14H30N4/c1-4-15-14(16-11-8-12-18(2)3)17-13-9-6-5-7-10-13/h13H,4-12H2,1-3H3,(H2,15,16,17). The molecule has 0 aromatic heterocycles. The lowest BCUT2D eigenvalue weighted by atomic mass is 9.96. The summed E-state index contributed by atoms with van der Waals surface area (Å²) in [6.07, 6.45) is 7.82. The van der Waals surface area contributed by atoms with Crippen LogP contribution in [-0.2, 0) is 0 Å². The molecule has 0 radical (unpaired) electrons. The van der Waals surface area contributed by atoms with Crippen LogP contribution in [0.2, 0.25) is 0 Å². The average Bonchev–Trinajstić information content (AvgIpc) is 2.36. The molecule has 0 heterocycles. The smallest absolute Gasteiger partial charge is 0.191 e. The van der Waals surface area contributed by atoms with Crippen molar-refractivity contribution >= 4 is 5.96 Å². The Morgan fingerprint density at radius 3 is 2.56 bits per heavy atom. The van der Waals surface area contributed by atoms with Crippen LogP contribution in [0.25, 0.3) is 0 Å². The van der Waals surface area contributed by atoms with E-state index in [1.807, 2.05) is 0 Å². The van der Waals surface area contributed by atoms with Gasteiger partial charge in [0.1, 0.15) is 0 Å². The van der Waals surface area contributed by atoms with E-state index in [-0.39, 0.29) is 0 Å². The molecule has 0 amide bonds. The van der Waals surface area contributed by atoms with Gasteiger partial charge < -0.3 is 15.5 Å². The minimum absolute atomic E-state index is 0.630. The van der Waals surface area contributed by atoms with Crippen LogP contribution in [0, 0.1) is 0 Å². The maximum atomic E-state index is 4.65. The second-order valence-electron chi connectivity index (χ2n) is 5.40. The molecule has 1 fully saturated rings. The minimum atomic E-state index is 0.630. The van der Waals surface area contributed by atoms with Gasteiger partial charge in [0.2, 0.25) is 0 Å². The van der Waals surface area contributed by atoms with Crippen LogP contribution in [0.1, 0.15) is 45.4 Å². The minimum Gasteiger partial charge on any atom is -0.357 e. The van der Waals surface area contributed by atoms with Gasteiger partial charge in [0, 0.05) is 19.1 Å². The zero-order valence-corrected chi connectivity index (χ0v) is 12.3. The molecular formula is C14H30N4. The van der Waals surface area contributed by atoms with Crippen molar-refractivity contribution in [2.24, 2.45) is 4.99 Å². The Balaban J connectivity index is 2.30. The molecule has 0 bridgehead atoms. The number of hydrogen-bond acceptors (Lipinski definition) is 2. The lowest BCUT2D eigenvalue weighted by molar-refractivity contribution is 0.401. The molecule has 0 aromatic rings. The molecular weight excluding hydrogens is 224 g/mol. The van der Waals surface area contributed by atoms with Crippen molar-refractivity contribution in [2.75, 3.05) is 33.7 Å². The zero-order chi connectivity index (χ0) is 13.2. The number of nitrogens with zero attached hydrogens (tertiary/aromatic N) is 2. The monoisotopic (exact) mass is 254 g/mol. The average molecular weight is 254 g/mol. The summed E-state index contributed by atoms with van der Waals surface area (Å²) in [7, 11) is 4.21. The summed E-state index contributed by atoms with van der Waals surface area (Å²) in [5.41, 5.74) is 0. The van der Waals surface area contributed by atoms with Crippen molar-refractivity contribution in [3.8, 4) is 0 Å². The third-order valence-electron chi connectivity index (χ3n) is 3.32. The highest BCUT2D eigenvalue weighted by atomic mass is 15.2. The highest BCUT2D eigenvalue weighted by molar-refractivity contribution is 5.80. The normalized spacial score (nSPS) is 18.1. The molecule has 2 N–H and O–H groups in total. The molecule has 1 aliphatic rings. The van der Waals surface area contributed by atoms with Gasteiger partial charge >= 0.3 is 0 Å². The Bertz CT molecular complexity index is 232. The largest absolute Gasteiger partial charge is 0.357 e. The molecule has 18 heavy (non-hydrogen) atoms. The number of hydrogen-bond donors (Lipinski definition) is 2. The predicted molar refractivity (Wildman–Crippen MR) is 79.2 cm³/mol. The van der Waals surface area contributed by atoms with Crippen molar-refractivity contribution in [3.05, 3.63) is 0 Å². The fraction of sp³-hybridized carbons (Fsp3) is 0.929. The van der Waals surface area contributed by atoms with Crippen LogP contribution < -0.4 is 10.6 Å². The van der Waals surface area contributed by atoms with Crippen molar-refractivity contribution in [1.82, 2.24) is 15.5 Å². The third-order valence-corrected chi connectivity index (χ3v) is 3.32. The van der Waals surface area contributed by atoms with E-state index in [1.54, 1.807) is 0 Å². The van der Waals surface area contributed by atoms with E-state index in [4.69, 9.17) is 0 Å². The molecule has 0 unspecified atom stereocenters. The molecule has 106 valence electrons. The Morgan fingerprint density at radius 2 is 1.94 bits per heavy atom. The molecule has 1 rings (SSSR count). The van der Waals surface area contributed by atoms with Gasteiger partial charge in [-0.3, -0.25) is 4.99 Å². The first-order valence-corrected chi connectivity index (χ1v) is 7.42. The van der Waals surface area contributed by atoms with E-state index in [1.165, 1.54) is 32.1 Å². The number of nitrogens with one attached hydrogen (secondary N) is 2. The van der Waals surface area contributed by atoms with Crippen LogP contribution in [0.15, 0.2) is 4.99 Å². The Labute approximate surface area is 112 Å². The summed E-state index contributed by atoms with van der Waals surface area (Å²) in [5, 5.41) is 6.91. The van der Waals surface area contributed by atoms with Crippen molar-refractivity contribution < 1.29 is 0 Å².